The maximum absolute atomic E-state index is 13.6. The van der Waals surface area contributed by atoms with Gasteiger partial charge in [0.25, 0.3) is 5.91 Å². The Balaban J connectivity index is 1.50. The van der Waals surface area contributed by atoms with E-state index in [-0.39, 0.29) is 23.4 Å². The third kappa shape index (κ3) is 4.98. The number of anilines is 2. The Morgan fingerprint density at radius 2 is 1.67 bits per heavy atom. The summed E-state index contributed by atoms with van der Waals surface area (Å²) in [5, 5.41) is 0. The van der Waals surface area contributed by atoms with Gasteiger partial charge in [-0.1, -0.05) is 24.3 Å². The van der Waals surface area contributed by atoms with Gasteiger partial charge in [-0.15, -0.1) is 0 Å². The van der Waals surface area contributed by atoms with Crippen LogP contribution in [0.25, 0.3) is 0 Å². The fourth-order valence-corrected chi connectivity index (χ4v) is 4.55. The van der Waals surface area contributed by atoms with Crippen LogP contribution in [-0.2, 0) is 0 Å². The van der Waals surface area contributed by atoms with Crippen LogP contribution in [-0.4, -0.2) is 31.3 Å². The van der Waals surface area contributed by atoms with Gasteiger partial charge in [0.2, 0.25) is 0 Å². The maximum Gasteiger partial charge on any atom is 0.260 e. The topological polar surface area (TPSA) is 40.6 Å². The van der Waals surface area contributed by atoms with Crippen LogP contribution in [0.1, 0.15) is 46.0 Å². The second kappa shape index (κ2) is 9.99. The quantitative estimate of drug-likeness (QED) is 0.445. The van der Waals surface area contributed by atoms with E-state index >= 15 is 0 Å². The standard InChI is InChI=1S/C28H29FN2O2/c1-3-31(24-8-6-7-20(2)19-24)28(33)25-9-4-5-10-26(25)30-17-15-22(16-18-30)27(32)21-11-13-23(29)14-12-21/h4-14,19,22H,3,15-18H2,1-2H3. The van der Waals surface area contributed by atoms with Gasteiger partial charge in [0.15, 0.2) is 5.78 Å². The van der Waals surface area contributed by atoms with Gasteiger partial charge in [0.1, 0.15) is 5.82 Å². The summed E-state index contributed by atoms with van der Waals surface area (Å²) in [6.07, 6.45) is 1.40. The van der Waals surface area contributed by atoms with Crippen LogP contribution >= 0.6 is 0 Å². The van der Waals surface area contributed by atoms with E-state index in [0.29, 0.717) is 43.6 Å². The fourth-order valence-electron chi connectivity index (χ4n) is 4.55. The zero-order chi connectivity index (χ0) is 23.4. The average Bonchev–Trinajstić information content (AvgIpc) is 2.85. The van der Waals surface area contributed by atoms with Gasteiger partial charge in [-0.2, -0.15) is 0 Å². The van der Waals surface area contributed by atoms with Gasteiger partial charge < -0.3 is 9.80 Å². The predicted octanol–water partition coefficient (Wildman–Crippen LogP) is 5.90. The van der Waals surface area contributed by atoms with Crippen molar-refractivity contribution >= 4 is 23.1 Å². The van der Waals surface area contributed by atoms with E-state index in [0.717, 1.165) is 16.9 Å². The average molecular weight is 445 g/mol. The van der Waals surface area contributed by atoms with Gasteiger partial charge >= 0.3 is 0 Å². The predicted molar refractivity (Wildman–Crippen MR) is 131 cm³/mol. The number of nitrogens with zero attached hydrogens (tertiary/aromatic N) is 2. The largest absolute Gasteiger partial charge is 0.371 e. The lowest BCUT2D eigenvalue weighted by molar-refractivity contribution is 0.0899. The van der Waals surface area contributed by atoms with Crippen molar-refractivity contribution in [3.8, 4) is 0 Å². The van der Waals surface area contributed by atoms with Crippen LogP contribution in [0, 0.1) is 18.7 Å². The van der Waals surface area contributed by atoms with Crippen molar-refractivity contribution in [3.63, 3.8) is 0 Å². The Hall–Kier alpha value is -3.47. The minimum absolute atomic E-state index is 0.0248. The molecule has 1 fully saturated rings. The second-order valence-electron chi connectivity index (χ2n) is 8.54. The molecule has 1 heterocycles. The Kier molecular flexibility index (Phi) is 6.87. The summed E-state index contributed by atoms with van der Waals surface area (Å²) in [5.74, 6) is -0.387. The Morgan fingerprint density at radius 1 is 0.970 bits per heavy atom. The molecule has 5 heteroatoms. The van der Waals surface area contributed by atoms with Crippen molar-refractivity contribution in [2.24, 2.45) is 5.92 Å². The molecule has 0 aliphatic carbocycles. The number of hydrogen-bond donors (Lipinski definition) is 0. The number of benzene rings is 3. The molecule has 170 valence electrons. The molecule has 4 nitrogen and oxygen atoms in total. The molecule has 1 amide bonds. The van der Waals surface area contributed by atoms with E-state index in [9.17, 15) is 14.0 Å². The third-order valence-electron chi connectivity index (χ3n) is 6.34. The maximum atomic E-state index is 13.6. The van der Waals surface area contributed by atoms with Gasteiger partial charge in [-0.3, -0.25) is 9.59 Å². The molecule has 33 heavy (non-hydrogen) atoms. The Labute approximate surface area is 194 Å². The summed E-state index contributed by atoms with van der Waals surface area (Å²) < 4.78 is 13.2. The number of Topliss-reactive ketones (excluding diaryl/α,β-unsaturated/α-hetero) is 1. The number of carbonyl (C=O) groups excluding carboxylic acids is 2. The molecule has 1 aliphatic heterocycles. The van der Waals surface area contributed by atoms with Crippen LogP contribution in [0.4, 0.5) is 15.8 Å². The number of rotatable bonds is 6. The zero-order valence-electron chi connectivity index (χ0n) is 19.1. The first-order valence-corrected chi connectivity index (χ1v) is 11.5. The number of carbonyl (C=O) groups is 2. The number of hydrogen-bond acceptors (Lipinski definition) is 3. The van der Waals surface area contributed by atoms with E-state index in [1.807, 2.05) is 62.4 Å². The number of halogens is 1. The number of piperidine rings is 1. The normalized spacial score (nSPS) is 14.2. The molecule has 0 atom stereocenters. The van der Waals surface area contributed by atoms with Crippen molar-refractivity contribution in [3.05, 3.63) is 95.3 Å². The molecule has 0 unspecified atom stereocenters. The molecular formula is C28H29FN2O2. The van der Waals surface area contributed by atoms with Crippen molar-refractivity contribution in [1.29, 1.82) is 0 Å². The molecule has 0 spiro atoms. The number of ketones is 1. The molecular weight excluding hydrogens is 415 g/mol. The highest BCUT2D eigenvalue weighted by molar-refractivity contribution is 6.09. The monoisotopic (exact) mass is 444 g/mol. The number of amides is 1. The van der Waals surface area contributed by atoms with Gasteiger partial charge in [-0.05, 0) is 80.8 Å². The summed E-state index contributed by atoms with van der Waals surface area (Å²) in [6, 6.07) is 21.5. The smallest absolute Gasteiger partial charge is 0.260 e. The van der Waals surface area contributed by atoms with E-state index in [1.54, 1.807) is 17.0 Å². The lowest BCUT2D eigenvalue weighted by Gasteiger charge is -2.34. The van der Waals surface area contributed by atoms with Crippen molar-refractivity contribution in [2.45, 2.75) is 26.7 Å². The molecule has 0 radical (unpaired) electrons. The van der Waals surface area contributed by atoms with E-state index in [2.05, 4.69) is 4.90 Å². The summed E-state index contributed by atoms with van der Waals surface area (Å²) in [5.41, 5.74) is 4.13. The summed E-state index contributed by atoms with van der Waals surface area (Å²) in [7, 11) is 0. The van der Waals surface area contributed by atoms with Crippen LogP contribution in [0.5, 0.6) is 0 Å². The molecule has 1 aliphatic rings. The van der Waals surface area contributed by atoms with Gasteiger partial charge in [0, 0.05) is 42.5 Å². The fraction of sp³-hybridized carbons (Fsp3) is 0.286. The summed E-state index contributed by atoms with van der Waals surface area (Å²) in [6.45, 7) is 5.96. The van der Waals surface area contributed by atoms with Crippen molar-refractivity contribution in [1.82, 2.24) is 0 Å². The van der Waals surface area contributed by atoms with Crippen LogP contribution in [0.3, 0.4) is 0 Å². The molecule has 4 rings (SSSR count). The second-order valence-corrected chi connectivity index (χ2v) is 8.54. The van der Waals surface area contributed by atoms with Crippen LogP contribution < -0.4 is 9.80 Å². The SMILES string of the molecule is CCN(C(=O)c1ccccc1N1CCC(C(=O)c2ccc(F)cc2)CC1)c1cccc(C)c1. The van der Waals surface area contributed by atoms with Crippen LogP contribution in [0.15, 0.2) is 72.8 Å². The van der Waals surface area contributed by atoms with Gasteiger partial charge in [-0.25, -0.2) is 4.39 Å². The molecule has 3 aromatic carbocycles. The minimum Gasteiger partial charge on any atom is -0.371 e. The summed E-state index contributed by atoms with van der Waals surface area (Å²) >= 11 is 0. The molecule has 3 aromatic rings. The van der Waals surface area contributed by atoms with Crippen molar-refractivity contribution in [2.75, 3.05) is 29.4 Å². The molecule has 0 N–H and O–H groups in total. The van der Waals surface area contributed by atoms with E-state index in [1.165, 1.54) is 12.1 Å². The van der Waals surface area contributed by atoms with E-state index < -0.39 is 0 Å². The lowest BCUT2D eigenvalue weighted by atomic mass is 9.88. The van der Waals surface area contributed by atoms with E-state index in [4.69, 9.17) is 0 Å². The number of aryl methyl sites for hydroxylation is 1. The lowest BCUT2D eigenvalue weighted by Crippen LogP contribution is -2.38. The highest BCUT2D eigenvalue weighted by Gasteiger charge is 2.28. The Morgan fingerprint density at radius 3 is 2.33 bits per heavy atom. The minimum atomic E-state index is -0.338. The highest BCUT2D eigenvalue weighted by Crippen LogP contribution is 2.30. The van der Waals surface area contributed by atoms with Crippen LogP contribution in [0.2, 0.25) is 0 Å². The van der Waals surface area contributed by atoms with Gasteiger partial charge in [0.05, 0.1) is 5.56 Å². The molecule has 0 bridgehead atoms. The molecule has 0 aromatic heterocycles. The Bertz CT molecular complexity index is 1130. The highest BCUT2D eigenvalue weighted by atomic mass is 19.1. The summed E-state index contributed by atoms with van der Waals surface area (Å²) in [4.78, 5) is 30.4. The first-order valence-electron chi connectivity index (χ1n) is 11.5. The first kappa shape index (κ1) is 22.7. The number of para-hydroxylation sites is 1. The molecule has 0 saturated carbocycles. The molecule has 1 saturated heterocycles. The third-order valence-corrected chi connectivity index (χ3v) is 6.34. The van der Waals surface area contributed by atoms with Crippen molar-refractivity contribution < 1.29 is 14.0 Å². The zero-order valence-corrected chi connectivity index (χ0v) is 19.1. The first-order chi connectivity index (χ1) is 16.0.